The van der Waals surface area contributed by atoms with Crippen LogP contribution in [0.2, 0.25) is 0 Å². The van der Waals surface area contributed by atoms with Crippen molar-refractivity contribution in [3.05, 3.63) is 68.9 Å². The van der Waals surface area contributed by atoms with Gasteiger partial charge < -0.3 is 9.84 Å². The highest BCUT2D eigenvalue weighted by Gasteiger charge is 2.16. The summed E-state index contributed by atoms with van der Waals surface area (Å²) in [5.41, 5.74) is 3.54. The third-order valence-electron chi connectivity index (χ3n) is 3.32. The van der Waals surface area contributed by atoms with E-state index in [9.17, 15) is 9.50 Å². The highest BCUT2D eigenvalue weighted by atomic mass is 79.9. The van der Waals surface area contributed by atoms with E-state index in [0.717, 1.165) is 16.7 Å². The predicted octanol–water partition coefficient (Wildman–Crippen LogP) is 3.70. The molecule has 0 fully saturated rings. The average molecular weight is 323 g/mol. The van der Waals surface area contributed by atoms with Crippen LogP contribution in [0.25, 0.3) is 0 Å². The normalized spacial score (nSPS) is 15.3. The molecule has 0 aromatic heterocycles. The van der Waals surface area contributed by atoms with Crippen molar-refractivity contribution < 1.29 is 14.2 Å². The van der Waals surface area contributed by atoms with E-state index in [1.807, 2.05) is 18.2 Å². The Hall–Kier alpha value is -1.23. The molecule has 19 heavy (non-hydrogen) atoms. The van der Waals surface area contributed by atoms with Crippen molar-refractivity contribution in [1.82, 2.24) is 0 Å². The summed E-state index contributed by atoms with van der Waals surface area (Å²) in [6.45, 7) is 1.20. The quantitative estimate of drug-likeness (QED) is 0.913. The molecular formula is C15H12BrFO2. The van der Waals surface area contributed by atoms with Crippen LogP contribution in [0.1, 0.15) is 28.4 Å². The molecule has 1 aliphatic rings. The van der Waals surface area contributed by atoms with Crippen molar-refractivity contribution in [3.63, 3.8) is 0 Å². The first-order chi connectivity index (χ1) is 9.15. The van der Waals surface area contributed by atoms with Gasteiger partial charge in [-0.3, -0.25) is 0 Å². The second-order valence-electron chi connectivity index (χ2n) is 4.60. The molecule has 0 spiro atoms. The number of aliphatic hydroxyl groups excluding tert-OH is 1. The smallest absolute Gasteiger partial charge is 0.137 e. The van der Waals surface area contributed by atoms with E-state index in [1.54, 1.807) is 12.1 Å². The van der Waals surface area contributed by atoms with Crippen molar-refractivity contribution in [2.45, 2.75) is 19.3 Å². The van der Waals surface area contributed by atoms with Crippen molar-refractivity contribution in [1.29, 1.82) is 0 Å². The SMILES string of the molecule is OC(c1ccc(Br)c(F)c1)c1ccc2c(c1)COC2. The molecule has 1 aliphatic heterocycles. The second kappa shape index (κ2) is 5.04. The lowest BCUT2D eigenvalue weighted by molar-refractivity contribution is 0.134. The number of ether oxygens (including phenoxy) is 1. The van der Waals surface area contributed by atoms with Gasteiger partial charge in [0.25, 0.3) is 0 Å². The summed E-state index contributed by atoms with van der Waals surface area (Å²) in [7, 11) is 0. The summed E-state index contributed by atoms with van der Waals surface area (Å²) in [5, 5.41) is 10.3. The first-order valence-corrected chi connectivity index (χ1v) is 6.77. The molecule has 4 heteroatoms. The van der Waals surface area contributed by atoms with Gasteiger partial charge in [-0.1, -0.05) is 24.3 Å². The van der Waals surface area contributed by atoms with Crippen LogP contribution in [0.15, 0.2) is 40.9 Å². The van der Waals surface area contributed by atoms with Gasteiger partial charge in [-0.15, -0.1) is 0 Å². The molecule has 3 rings (SSSR count). The largest absolute Gasteiger partial charge is 0.384 e. The summed E-state index contributed by atoms with van der Waals surface area (Å²) in [6.07, 6.45) is -0.825. The maximum absolute atomic E-state index is 13.5. The molecule has 1 heterocycles. The molecule has 2 nitrogen and oxygen atoms in total. The molecule has 0 amide bonds. The van der Waals surface area contributed by atoms with E-state index in [2.05, 4.69) is 15.9 Å². The van der Waals surface area contributed by atoms with Crippen LogP contribution in [0.5, 0.6) is 0 Å². The molecule has 0 saturated heterocycles. The third kappa shape index (κ3) is 2.43. The Morgan fingerprint density at radius 1 is 1.05 bits per heavy atom. The van der Waals surface area contributed by atoms with Gasteiger partial charge in [0, 0.05) is 0 Å². The second-order valence-corrected chi connectivity index (χ2v) is 5.45. The zero-order valence-corrected chi connectivity index (χ0v) is 11.7. The lowest BCUT2D eigenvalue weighted by atomic mass is 9.98. The highest BCUT2D eigenvalue weighted by molar-refractivity contribution is 9.10. The van der Waals surface area contributed by atoms with Crippen molar-refractivity contribution in [3.8, 4) is 0 Å². The van der Waals surface area contributed by atoms with E-state index in [0.29, 0.717) is 23.2 Å². The molecule has 2 aromatic carbocycles. The minimum absolute atomic E-state index is 0.374. The summed E-state index contributed by atoms with van der Waals surface area (Å²) >= 11 is 3.10. The molecule has 0 radical (unpaired) electrons. The number of halogens is 2. The van der Waals surface area contributed by atoms with E-state index in [4.69, 9.17) is 4.74 Å². The van der Waals surface area contributed by atoms with Crippen LogP contribution >= 0.6 is 15.9 Å². The van der Waals surface area contributed by atoms with E-state index in [1.165, 1.54) is 6.07 Å². The molecule has 2 aromatic rings. The Balaban J connectivity index is 1.94. The van der Waals surface area contributed by atoms with Crippen LogP contribution in [-0.2, 0) is 18.0 Å². The zero-order valence-electron chi connectivity index (χ0n) is 10.1. The van der Waals surface area contributed by atoms with Gasteiger partial charge in [-0.05, 0) is 50.3 Å². The fourth-order valence-electron chi connectivity index (χ4n) is 2.24. The van der Waals surface area contributed by atoms with Crippen molar-refractivity contribution in [2.75, 3.05) is 0 Å². The molecule has 1 unspecified atom stereocenters. The van der Waals surface area contributed by atoms with Crippen molar-refractivity contribution in [2.24, 2.45) is 0 Å². The van der Waals surface area contributed by atoms with Gasteiger partial charge in [0.05, 0.1) is 17.7 Å². The van der Waals surface area contributed by atoms with E-state index < -0.39 is 6.10 Å². The van der Waals surface area contributed by atoms with Crippen LogP contribution in [0, 0.1) is 5.82 Å². The number of rotatable bonds is 2. The maximum atomic E-state index is 13.5. The third-order valence-corrected chi connectivity index (χ3v) is 3.96. The van der Waals surface area contributed by atoms with Crippen LogP contribution in [0.3, 0.4) is 0 Å². The predicted molar refractivity (Wildman–Crippen MR) is 73.1 cm³/mol. The summed E-state index contributed by atoms with van der Waals surface area (Å²) in [6, 6.07) is 10.4. The molecule has 0 aliphatic carbocycles. The number of benzene rings is 2. The highest BCUT2D eigenvalue weighted by Crippen LogP contribution is 2.29. The Morgan fingerprint density at radius 3 is 2.53 bits per heavy atom. The first kappa shape index (κ1) is 12.8. The zero-order chi connectivity index (χ0) is 13.4. The van der Waals surface area contributed by atoms with Gasteiger partial charge >= 0.3 is 0 Å². The van der Waals surface area contributed by atoms with Crippen LogP contribution in [0.4, 0.5) is 4.39 Å². The monoisotopic (exact) mass is 322 g/mol. The number of aliphatic hydroxyl groups is 1. The average Bonchev–Trinajstić information content (AvgIpc) is 2.88. The fourth-order valence-corrected chi connectivity index (χ4v) is 2.48. The topological polar surface area (TPSA) is 29.5 Å². The minimum Gasteiger partial charge on any atom is -0.384 e. The minimum atomic E-state index is -0.825. The van der Waals surface area contributed by atoms with Gasteiger partial charge in [0.15, 0.2) is 0 Å². The number of hydrogen-bond donors (Lipinski definition) is 1. The molecule has 1 atom stereocenters. The van der Waals surface area contributed by atoms with E-state index in [-0.39, 0.29) is 5.82 Å². The standard InChI is InChI=1S/C15H12BrFO2/c16-13-4-3-10(6-14(13)17)15(18)9-1-2-11-7-19-8-12(11)5-9/h1-6,15,18H,7-8H2. The van der Waals surface area contributed by atoms with E-state index >= 15 is 0 Å². The molecule has 0 bridgehead atoms. The van der Waals surface area contributed by atoms with Crippen molar-refractivity contribution >= 4 is 15.9 Å². The molecule has 0 saturated carbocycles. The maximum Gasteiger partial charge on any atom is 0.137 e. The van der Waals surface area contributed by atoms with Gasteiger partial charge in [-0.25, -0.2) is 4.39 Å². The Morgan fingerprint density at radius 2 is 1.74 bits per heavy atom. The Bertz CT molecular complexity index is 628. The van der Waals surface area contributed by atoms with Gasteiger partial charge in [0.1, 0.15) is 11.9 Å². The number of hydrogen-bond acceptors (Lipinski definition) is 2. The van der Waals surface area contributed by atoms with Crippen LogP contribution in [-0.4, -0.2) is 5.11 Å². The van der Waals surface area contributed by atoms with Gasteiger partial charge in [-0.2, -0.15) is 0 Å². The molecule has 1 N–H and O–H groups in total. The summed E-state index contributed by atoms with van der Waals surface area (Å²) in [4.78, 5) is 0. The summed E-state index contributed by atoms with van der Waals surface area (Å²) in [5.74, 6) is -0.374. The number of fused-ring (bicyclic) bond motifs is 1. The lowest BCUT2D eigenvalue weighted by Gasteiger charge is -2.13. The first-order valence-electron chi connectivity index (χ1n) is 5.97. The molecular weight excluding hydrogens is 311 g/mol. The Labute approximate surface area is 119 Å². The summed E-state index contributed by atoms with van der Waals surface area (Å²) < 4.78 is 19.2. The lowest BCUT2D eigenvalue weighted by Crippen LogP contribution is -2.01. The van der Waals surface area contributed by atoms with Crippen LogP contribution < -0.4 is 0 Å². The van der Waals surface area contributed by atoms with Gasteiger partial charge in [0.2, 0.25) is 0 Å². The molecule has 98 valence electrons. The Kier molecular flexibility index (Phi) is 3.39. The fraction of sp³-hybridized carbons (Fsp3) is 0.200.